The van der Waals surface area contributed by atoms with Crippen LogP contribution in [-0.2, 0) is 6.54 Å². The summed E-state index contributed by atoms with van der Waals surface area (Å²) >= 11 is 0. The number of carbonyl (C=O) groups is 1. The van der Waals surface area contributed by atoms with Crippen molar-refractivity contribution < 1.29 is 4.79 Å². The Labute approximate surface area is 103 Å². The zero-order chi connectivity index (χ0) is 12.3. The van der Waals surface area contributed by atoms with Crippen LogP contribution in [0.3, 0.4) is 0 Å². The van der Waals surface area contributed by atoms with Gasteiger partial charge in [0.1, 0.15) is 0 Å². The molecule has 1 aromatic rings. The van der Waals surface area contributed by atoms with Crippen LogP contribution in [0.4, 0.5) is 4.79 Å². The Bertz CT molecular complexity index is 367. The minimum Gasteiger partial charge on any atom is -0.334 e. The van der Waals surface area contributed by atoms with Crippen LogP contribution in [0.2, 0.25) is 0 Å². The highest BCUT2D eigenvalue weighted by atomic mass is 16.2. The summed E-state index contributed by atoms with van der Waals surface area (Å²) < 4.78 is 0. The molecule has 1 N–H and O–H groups in total. The third-order valence-corrected chi connectivity index (χ3v) is 3.56. The summed E-state index contributed by atoms with van der Waals surface area (Å²) in [5, 5.41) is 2.97. The summed E-state index contributed by atoms with van der Waals surface area (Å²) in [6.07, 6.45) is 0. The molecule has 17 heavy (non-hydrogen) atoms. The molecule has 2 atom stereocenters. The Kier molecular flexibility index (Phi) is 3.67. The lowest BCUT2D eigenvalue weighted by molar-refractivity contribution is 0.206. The number of nitrogens with zero attached hydrogens (tertiary/aromatic N) is 1. The molecule has 3 nitrogen and oxygen atoms in total. The molecule has 1 heterocycles. The van der Waals surface area contributed by atoms with E-state index in [-0.39, 0.29) is 6.03 Å². The molecule has 0 saturated carbocycles. The van der Waals surface area contributed by atoms with Crippen molar-refractivity contribution in [1.29, 1.82) is 0 Å². The first kappa shape index (κ1) is 12.0. The van der Waals surface area contributed by atoms with E-state index in [1.807, 2.05) is 35.2 Å². The molecule has 0 aliphatic carbocycles. The standard InChI is InChI=1S/C14H20N2O/c1-11-9-16(10-12(11)2)14(17)15-8-13-6-4-3-5-7-13/h3-7,11-12H,8-10H2,1-2H3,(H,15,17). The minimum atomic E-state index is 0.0602. The Morgan fingerprint density at radius 3 is 2.41 bits per heavy atom. The van der Waals surface area contributed by atoms with Crippen molar-refractivity contribution in [3.05, 3.63) is 35.9 Å². The smallest absolute Gasteiger partial charge is 0.317 e. The summed E-state index contributed by atoms with van der Waals surface area (Å²) in [4.78, 5) is 13.8. The highest BCUT2D eigenvalue weighted by molar-refractivity contribution is 5.74. The van der Waals surface area contributed by atoms with Gasteiger partial charge < -0.3 is 10.2 Å². The molecule has 0 radical (unpaired) electrons. The van der Waals surface area contributed by atoms with Crippen molar-refractivity contribution in [2.24, 2.45) is 11.8 Å². The van der Waals surface area contributed by atoms with E-state index in [0.717, 1.165) is 18.7 Å². The lowest BCUT2D eigenvalue weighted by Gasteiger charge is -2.16. The predicted molar refractivity (Wildman–Crippen MR) is 68.6 cm³/mol. The van der Waals surface area contributed by atoms with E-state index >= 15 is 0 Å². The van der Waals surface area contributed by atoms with Crippen LogP contribution in [0.25, 0.3) is 0 Å². The van der Waals surface area contributed by atoms with Gasteiger partial charge in [0.25, 0.3) is 0 Å². The van der Waals surface area contributed by atoms with Crippen LogP contribution in [0.1, 0.15) is 19.4 Å². The van der Waals surface area contributed by atoms with Crippen molar-refractivity contribution in [2.75, 3.05) is 13.1 Å². The molecule has 0 bridgehead atoms. The molecule has 1 aromatic carbocycles. The van der Waals surface area contributed by atoms with E-state index in [1.165, 1.54) is 0 Å². The predicted octanol–water partition coefficient (Wildman–Crippen LogP) is 2.48. The van der Waals surface area contributed by atoms with Gasteiger partial charge in [0.15, 0.2) is 0 Å². The molecule has 1 aliphatic heterocycles. The Balaban J connectivity index is 1.82. The maximum Gasteiger partial charge on any atom is 0.317 e. The number of carbonyl (C=O) groups excluding carboxylic acids is 1. The zero-order valence-corrected chi connectivity index (χ0v) is 10.5. The fraction of sp³-hybridized carbons (Fsp3) is 0.500. The van der Waals surface area contributed by atoms with Crippen LogP contribution < -0.4 is 5.32 Å². The van der Waals surface area contributed by atoms with E-state index < -0.39 is 0 Å². The second kappa shape index (κ2) is 5.21. The summed E-state index contributed by atoms with van der Waals surface area (Å²) in [5.74, 6) is 1.22. The minimum absolute atomic E-state index is 0.0602. The van der Waals surface area contributed by atoms with E-state index in [1.54, 1.807) is 0 Å². The van der Waals surface area contributed by atoms with Crippen molar-refractivity contribution in [3.8, 4) is 0 Å². The van der Waals surface area contributed by atoms with Crippen LogP contribution in [0, 0.1) is 11.8 Å². The first-order chi connectivity index (χ1) is 8.16. The van der Waals surface area contributed by atoms with Crippen LogP contribution in [0.5, 0.6) is 0 Å². The largest absolute Gasteiger partial charge is 0.334 e. The Morgan fingerprint density at radius 2 is 1.82 bits per heavy atom. The normalized spacial score (nSPS) is 23.8. The Morgan fingerprint density at radius 1 is 1.24 bits per heavy atom. The summed E-state index contributed by atoms with van der Waals surface area (Å²) in [6.45, 7) is 6.77. The third kappa shape index (κ3) is 2.99. The molecule has 2 rings (SSSR count). The fourth-order valence-corrected chi connectivity index (χ4v) is 2.18. The van der Waals surface area contributed by atoms with E-state index in [0.29, 0.717) is 18.4 Å². The van der Waals surface area contributed by atoms with Gasteiger partial charge in [-0.3, -0.25) is 0 Å². The van der Waals surface area contributed by atoms with Crippen LogP contribution in [0.15, 0.2) is 30.3 Å². The quantitative estimate of drug-likeness (QED) is 0.834. The number of nitrogens with one attached hydrogen (secondary N) is 1. The van der Waals surface area contributed by atoms with Crippen molar-refractivity contribution in [3.63, 3.8) is 0 Å². The summed E-state index contributed by atoms with van der Waals surface area (Å²) in [5.41, 5.74) is 1.14. The Hall–Kier alpha value is -1.51. The van der Waals surface area contributed by atoms with Gasteiger partial charge in [-0.2, -0.15) is 0 Å². The maximum atomic E-state index is 11.9. The number of hydrogen-bond acceptors (Lipinski definition) is 1. The van der Waals surface area contributed by atoms with Gasteiger partial charge in [-0.15, -0.1) is 0 Å². The molecule has 1 saturated heterocycles. The van der Waals surface area contributed by atoms with Crippen LogP contribution >= 0.6 is 0 Å². The highest BCUT2D eigenvalue weighted by Crippen LogP contribution is 2.21. The number of rotatable bonds is 2. The highest BCUT2D eigenvalue weighted by Gasteiger charge is 2.28. The summed E-state index contributed by atoms with van der Waals surface area (Å²) in [7, 11) is 0. The van der Waals surface area contributed by atoms with Gasteiger partial charge in [0, 0.05) is 19.6 Å². The van der Waals surface area contributed by atoms with Gasteiger partial charge in [0.05, 0.1) is 0 Å². The molecule has 0 spiro atoms. The summed E-state index contributed by atoms with van der Waals surface area (Å²) in [6, 6.07) is 10.1. The molecule has 92 valence electrons. The molecular formula is C14H20N2O. The molecular weight excluding hydrogens is 212 g/mol. The zero-order valence-electron chi connectivity index (χ0n) is 10.5. The average molecular weight is 232 g/mol. The number of amides is 2. The number of hydrogen-bond donors (Lipinski definition) is 1. The lowest BCUT2D eigenvalue weighted by atomic mass is 10.0. The van der Waals surface area contributed by atoms with E-state index in [4.69, 9.17) is 0 Å². The fourth-order valence-electron chi connectivity index (χ4n) is 2.18. The van der Waals surface area contributed by atoms with Gasteiger partial charge in [0.2, 0.25) is 0 Å². The monoisotopic (exact) mass is 232 g/mol. The third-order valence-electron chi connectivity index (χ3n) is 3.56. The van der Waals surface area contributed by atoms with E-state index in [9.17, 15) is 4.79 Å². The van der Waals surface area contributed by atoms with Crippen molar-refractivity contribution >= 4 is 6.03 Å². The first-order valence-corrected chi connectivity index (χ1v) is 6.23. The lowest BCUT2D eigenvalue weighted by Crippen LogP contribution is -2.38. The molecule has 1 fully saturated rings. The number of benzene rings is 1. The molecule has 0 aromatic heterocycles. The van der Waals surface area contributed by atoms with Crippen LogP contribution in [-0.4, -0.2) is 24.0 Å². The molecule has 2 unspecified atom stereocenters. The first-order valence-electron chi connectivity index (χ1n) is 6.23. The van der Waals surface area contributed by atoms with Gasteiger partial charge >= 0.3 is 6.03 Å². The second-order valence-electron chi connectivity index (χ2n) is 5.00. The van der Waals surface area contributed by atoms with Gasteiger partial charge in [-0.25, -0.2) is 4.79 Å². The maximum absolute atomic E-state index is 11.9. The van der Waals surface area contributed by atoms with Gasteiger partial charge in [-0.1, -0.05) is 44.2 Å². The number of urea groups is 1. The topological polar surface area (TPSA) is 32.3 Å². The SMILES string of the molecule is CC1CN(C(=O)NCc2ccccc2)CC1C. The molecule has 2 amide bonds. The van der Waals surface area contributed by atoms with Gasteiger partial charge in [-0.05, 0) is 17.4 Å². The average Bonchev–Trinajstić information content (AvgIpc) is 2.68. The second-order valence-corrected chi connectivity index (χ2v) is 5.00. The molecule has 3 heteroatoms. The van der Waals surface area contributed by atoms with Crippen molar-refractivity contribution in [2.45, 2.75) is 20.4 Å². The van der Waals surface area contributed by atoms with E-state index in [2.05, 4.69) is 19.2 Å². The van der Waals surface area contributed by atoms with Crippen molar-refractivity contribution in [1.82, 2.24) is 10.2 Å². The number of likely N-dealkylation sites (tertiary alicyclic amines) is 1. The molecule has 1 aliphatic rings.